The molecule has 0 radical (unpaired) electrons. The number of carbonyl (C=O) groups excluding carboxylic acids is 1. The van der Waals surface area contributed by atoms with Crippen LogP contribution in [0.25, 0.3) is 0 Å². The lowest BCUT2D eigenvalue weighted by atomic mass is 9.98. The number of rotatable bonds is 16. The van der Waals surface area contributed by atoms with E-state index in [4.69, 9.17) is 4.74 Å². The molecule has 3 aromatic carbocycles. The van der Waals surface area contributed by atoms with Crippen molar-refractivity contribution < 1.29 is 14.6 Å². The van der Waals surface area contributed by atoms with Gasteiger partial charge in [0.25, 0.3) is 0 Å². The summed E-state index contributed by atoms with van der Waals surface area (Å²) in [6.45, 7) is 3.58. The Morgan fingerprint density at radius 2 is 1.43 bits per heavy atom. The zero-order chi connectivity index (χ0) is 24.7. The normalized spacial score (nSPS) is 11.7. The van der Waals surface area contributed by atoms with Crippen molar-refractivity contribution in [3.8, 4) is 5.75 Å². The number of nitrogens with one attached hydrogen (secondary N) is 1. The molecular formula is C31H39NO3. The van der Waals surface area contributed by atoms with Gasteiger partial charge in [-0.1, -0.05) is 106 Å². The van der Waals surface area contributed by atoms with Gasteiger partial charge in [0.2, 0.25) is 0 Å². The highest BCUT2D eigenvalue weighted by Crippen LogP contribution is 2.24. The maximum atomic E-state index is 12.9. The van der Waals surface area contributed by atoms with Crippen LogP contribution in [-0.2, 0) is 6.54 Å². The summed E-state index contributed by atoms with van der Waals surface area (Å²) in [5.41, 5.74) is 2.88. The minimum absolute atomic E-state index is 0.316. The highest BCUT2D eigenvalue weighted by Gasteiger charge is 2.21. The van der Waals surface area contributed by atoms with Crippen LogP contribution in [0.5, 0.6) is 5.75 Å². The van der Waals surface area contributed by atoms with E-state index in [0.29, 0.717) is 23.4 Å². The van der Waals surface area contributed by atoms with E-state index in [1.54, 1.807) is 18.2 Å². The minimum Gasteiger partial charge on any atom is -0.494 e. The number of unbranched alkanes of at least 4 members (excludes halogenated alkanes) is 7. The molecule has 0 saturated carbocycles. The van der Waals surface area contributed by atoms with E-state index in [2.05, 4.69) is 12.2 Å². The molecule has 35 heavy (non-hydrogen) atoms. The van der Waals surface area contributed by atoms with Crippen LogP contribution in [0, 0.1) is 0 Å². The molecule has 4 heteroatoms. The molecule has 3 rings (SSSR count). The molecule has 2 N–H and O–H groups in total. The topological polar surface area (TPSA) is 58.6 Å². The fraction of sp³-hybridized carbons (Fsp3) is 0.387. The molecule has 0 heterocycles. The first-order chi connectivity index (χ1) is 17.2. The lowest BCUT2D eigenvalue weighted by Crippen LogP contribution is -2.14. The van der Waals surface area contributed by atoms with Crippen molar-refractivity contribution in [3.05, 3.63) is 95.6 Å². The third-order valence-corrected chi connectivity index (χ3v) is 6.23. The van der Waals surface area contributed by atoms with Crippen molar-refractivity contribution in [2.45, 2.75) is 70.9 Å². The summed E-state index contributed by atoms with van der Waals surface area (Å²) in [6.07, 6.45) is 9.15. The van der Waals surface area contributed by atoms with Gasteiger partial charge in [0, 0.05) is 17.8 Å². The highest BCUT2D eigenvalue weighted by atomic mass is 16.5. The van der Waals surface area contributed by atoms with E-state index in [0.717, 1.165) is 24.3 Å². The molecule has 1 unspecified atom stereocenters. The Hall–Kier alpha value is -3.11. The van der Waals surface area contributed by atoms with E-state index in [9.17, 15) is 9.90 Å². The number of carbonyl (C=O) groups is 1. The zero-order valence-electron chi connectivity index (χ0n) is 20.9. The van der Waals surface area contributed by atoms with Gasteiger partial charge in [0.1, 0.15) is 11.9 Å². The van der Waals surface area contributed by atoms with E-state index in [-0.39, 0.29) is 5.78 Å². The third-order valence-electron chi connectivity index (χ3n) is 6.23. The largest absolute Gasteiger partial charge is 0.494 e. The maximum absolute atomic E-state index is 12.9. The third kappa shape index (κ3) is 8.88. The van der Waals surface area contributed by atoms with Gasteiger partial charge in [0.15, 0.2) is 5.78 Å². The first-order valence-corrected chi connectivity index (χ1v) is 13.0. The minimum atomic E-state index is -1.18. The fourth-order valence-corrected chi connectivity index (χ4v) is 4.11. The summed E-state index contributed by atoms with van der Waals surface area (Å²) in [5, 5.41) is 13.9. The van der Waals surface area contributed by atoms with Gasteiger partial charge in [-0.3, -0.25) is 4.79 Å². The molecule has 0 spiro atoms. The number of hydrogen-bond acceptors (Lipinski definition) is 4. The van der Waals surface area contributed by atoms with Crippen LogP contribution in [0.2, 0.25) is 0 Å². The Morgan fingerprint density at radius 3 is 2.14 bits per heavy atom. The van der Waals surface area contributed by atoms with Gasteiger partial charge in [0.05, 0.1) is 6.61 Å². The smallest absolute Gasteiger partial charge is 0.197 e. The predicted molar refractivity (Wildman–Crippen MR) is 144 cm³/mol. The average Bonchev–Trinajstić information content (AvgIpc) is 2.91. The molecule has 0 fully saturated rings. The number of aliphatic hydroxyl groups excluding tert-OH is 1. The Morgan fingerprint density at radius 1 is 0.800 bits per heavy atom. The van der Waals surface area contributed by atoms with Gasteiger partial charge >= 0.3 is 0 Å². The molecule has 0 amide bonds. The van der Waals surface area contributed by atoms with Crippen LogP contribution < -0.4 is 10.1 Å². The maximum Gasteiger partial charge on any atom is 0.197 e. The van der Waals surface area contributed by atoms with Crippen LogP contribution in [0.3, 0.4) is 0 Å². The number of benzene rings is 3. The van der Waals surface area contributed by atoms with Crippen LogP contribution in [0.15, 0.2) is 78.9 Å². The molecule has 0 aliphatic heterocycles. The van der Waals surface area contributed by atoms with Crippen LogP contribution >= 0.6 is 0 Å². The molecule has 0 bridgehead atoms. The summed E-state index contributed by atoms with van der Waals surface area (Å²) in [6, 6.07) is 24.4. The van der Waals surface area contributed by atoms with Crippen LogP contribution in [0.4, 0.5) is 5.69 Å². The second kappa shape index (κ2) is 15.0. The first kappa shape index (κ1) is 26.5. The second-order valence-electron chi connectivity index (χ2n) is 9.04. The zero-order valence-corrected chi connectivity index (χ0v) is 20.9. The molecular weight excluding hydrogens is 434 g/mol. The average molecular weight is 474 g/mol. The molecule has 0 aromatic heterocycles. The highest BCUT2D eigenvalue weighted by molar-refractivity contribution is 6.04. The van der Waals surface area contributed by atoms with Crippen molar-refractivity contribution >= 4 is 11.5 Å². The van der Waals surface area contributed by atoms with Gasteiger partial charge < -0.3 is 15.2 Å². The SMILES string of the molecule is CCCCCCCCCCOc1ccc(CNc2ccccc2C(=O)C(O)c2ccccc2)cc1. The number of anilines is 1. The van der Waals surface area contributed by atoms with Crippen molar-refractivity contribution in [3.63, 3.8) is 0 Å². The molecule has 4 nitrogen and oxygen atoms in total. The summed E-state index contributed by atoms with van der Waals surface area (Å²) in [7, 11) is 0. The van der Waals surface area contributed by atoms with Crippen molar-refractivity contribution in [1.29, 1.82) is 0 Å². The molecule has 186 valence electrons. The van der Waals surface area contributed by atoms with E-state index in [1.165, 1.54) is 44.9 Å². The summed E-state index contributed by atoms with van der Waals surface area (Å²) in [4.78, 5) is 12.9. The number of ketones is 1. The predicted octanol–water partition coefficient (Wildman–Crippen LogP) is 7.73. The molecule has 0 aliphatic carbocycles. The number of ether oxygens (including phenoxy) is 1. The van der Waals surface area contributed by atoms with E-state index in [1.807, 2.05) is 60.7 Å². The Balaban J connectivity index is 1.44. The fourth-order valence-electron chi connectivity index (χ4n) is 4.11. The Kier molecular flexibility index (Phi) is 11.4. The first-order valence-electron chi connectivity index (χ1n) is 13.0. The summed E-state index contributed by atoms with van der Waals surface area (Å²) in [5.74, 6) is 0.572. The van der Waals surface area contributed by atoms with Gasteiger partial charge in [-0.2, -0.15) is 0 Å². The van der Waals surface area contributed by atoms with Crippen molar-refractivity contribution in [2.24, 2.45) is 0 Å². The second-order valence-corrected chi connectivity index (χ2v) is 9.04. The number of hydrogen-bond donors (Lipinski definition) is 2. The van der Waals surface area contributed by atoms with Gasteiger partial charge in [-0.15, -0.1) is 0 Å². The van der Waals surface area contributed by atoms with E-state index >= 15 is 0 Å². The quantitative estimate of drug-likeness (QED) is 0.165. The number of para-hydroxylation sites is 1. The van der Waals surface area contributed by atoms with Crippen molar-refractivity contribution in [2.75, 3.05) is 11.9 Å². The molecule has 1 atom stereocenters. The molecule has 0 aliphatic rings. The summed E-state index contributed by atoms with van der Waals surface area (Å²) < 4.78 is 5.89. The molecule has 0 saturated heterocycles. The molecule has 3 aromatic rings. The van der Waals surface area contributed by atoms with Gasteiger partial charge in [-0.25, -0.2) is 0 Å². The number of Topliss-reactive ketones (excluding diaryl/α,β-unsaturated/α-hetero) is 1. The Labute approximate surface area is 210 Å². The monoisotopic (exact) mass is 473 g/mol. The van der Waals surface area contributed by atoms with E-state index < -0.39 is 6.10 Å². The standard InChI is InChI=1S/C31H39NO3/c1-2-3-4-5-6-7-8-14-23-35-27-21-19-25(20-22-27)24-32-29-18-13-12-17-28(29)31(34)30(33)26-15-10-9-11-16-26/h9-13,15-22,30,32-33H,2-8,14,23-24H2,1H3. The lowest BCUT2D eigenvalue weighted by molar-refractivity contribution is 0.0748. The van der Waals surface area contributed by atoms with Crippen LogP contribution in [0.1, 0.15) is 85.9 Å². The van der Waals surface area contributed by atoms with Crippen LogP contribution in [-0.4, -0.2) is 17.5 Å². The van der Waals surface area contributed by atoms with Gasteiger partial charge in [-0.05, 0) is 41.8 Å². The number of aliphatic hydroxyl groups is 1. The lowest BCUT2D eigenvalue weighted by Gasteiger charge is -2.15. The van der Waals surface area contributed by atoms with Crippen molar-refractivity contribution in [1.82, 2.24) is 0 Å². The summed E-state index contributed by atoms with van der Waals surface area (Å²) >= 11 is 0. The Bertz CT molecular complexity index is 1000.